The summed E-state index contributed by atoms with van der Waals surface area (Å²) < 4.78 is 10.7. The maximum Gasteiger partial charge on any atom is 0.407 e. The quantitative estimate of drug-likeness (QED) is 0.512. The number of carbonyl (C=O) groups is 2. The van der Waals surface area contributed by atoms with Gasteiger partial charge in [-0.1, -0.05) is 48.5 Å². The van der Waals surface area contributed by atoms with Gasteiger partial charge in [-0.15, -0.1) is 0 Å². The van der Waals surface area contributed by atoms with Gasteiger partial charge in [0.25, 0.3) is 5.43 Å². The molecule has 170 valence electrons. The summed E-state index contributed by atoms with van der Waals surface area (Å²) in [4.78, 5) is 47.5. The van der Waals surface area contributed by atoms with E-state index in [-0.39, 0.29) is 43.0 Å². The molecule has 1 aliphatic carbocycles. The lowest BCUT2D eigenvalue weighted by Gasteiger charge is -2.16. The van der Waals surface area contributed by atoms with Crippen molar-refractivity contribution in [2.75, 3.05) is 13.2 Å². The molecule has 2 amide bonds. The van der Waals surface area contributed by atoms with E-state index in [1.54, 1.807) is 13.8 Å². The van der Waals surface area contributed by atoms with Gasteiger partial charge in [0.15, 0.2) is 5.75 Å². The molecule has 0 radical (unpaired) electrons. The predicted octanol–water partition coefficient (Wildman–Crippen LogP) is 2.22. The normalized spacial score (nSPS) is 12.3. The number of benzene rings is 2. The molecule has 3 aromatic carbocycles. The Morgan fingerprint density at radius 1 is 0.909 bits per heavy atom. The number of carbonyl (C=O) groups excluding carboxylic acids is 2. The Morgan fingerprint density at radius 3 is 2.12 bits per heavy atom. The Bertz CT molecular complexity index is 1230. The maximum absolute atomic E-state index is 12.2. The van der Waals surface area contributed by atoms with Crippen molar-refractivity contribution in [1.29, 1.82) is 0 Å². The number of rotatable bonds is 8. The Labute approximate surface area is 190 Å². The molecule has 3 aromatic rings. The predicted molar refractivity (Wildman–Crippen MR) is 122 cm³/mol. The second kappa shape index (κ2) is 9.28. The van der Waals surface area contributed by atoms with Gasteiger partial charge in [-0.05, 0) is 36.1 Å². The molecule has 0 aromatic heterocycles. The van der Waals surface area contributed by atoms with E-state index in [2.05, 4.69) is 10.6 Å². The summed E-state index contributed by atoms with van der Waals surface area (Å²) in [5.41, 5.74) is 3.21. The van der Waals surface area contributed by atoms with Crippen LogP contribution < -0.4 is 26.2 Å². The summed E-state index contributed by atoms with van der Waals surface area (Å²) in [5, 5.41) is 4.90. The van der Waals surface area contributed by atoms with Crippen LogP contribution in [-0.4, -0.2) is 31.3 Å². The molecule has 8 nitrogen and oxygen atoms in total. The average Bonchev–Trinajstić information content (AvgIpc) is 3.14. The fraction of sp³-hybridized carbons (Fsp3) is 0.280. The van der Waals surface area contributed by atoms with Gasteiger partial charge in [-0.25, -0.2) is 4.79 Å². The Hall–Kier alpha value is -3.94. The highest BCUT2D eigenvalue weighted by atomic mass is 16.5. The molecule has 0 fully saturated rings. The lowest BCUT2D eigenvalue weighted by Crippen LogP contribution is -2.43. The third kappa shape index (κ3) is 4.50. The van der Waals surface area contributed by atoms with Gasteiger partial charge in [0.2, 0.25) is 11.3 Å². The smallest absolute Gasteiger partial charge is 0.407 e. The van der Waals surface area contributed by atoms with Crippen molar-refractivity contribution in [2.45, 2.75) is 32.4 Å². The van der Waals surface area contributed by atoms with E-state index < -0.39 is 22.9 Å². The van der Waals surface area contributed by atoms with Crippen LogP contribution in [0.5, 0.6) is 5.75 Å². The molecule has 0 spiro atoms. The highest BCUT2D eigenvalue weighted by Gasteiger charge is 2.29. The van der Waals surface area contributed by atoms with Crippen molar-refractivity contribution in [1.82, 2.24) is 10.6 Å². The fourth-order valence-corrected chi connectivity index (χ4v) is 3.99. The molecule has 33 heavy (non-hydrogen) atoms. The lowest BCUT2D eigenvalue weighted by atomic mass is 9.98. The van der Waals surface area contributed by atoms with Gasteiger partial charge in [0, 0.05) is 5.92 Å². The zero-order chi connectivity index (χ0) is 23.5. The van der Waals surface area contributed by atoms with Gasteiger partial charge in [-0.3, -0.25) is 14.4 Å². The van der Waals surface area contributed by atoms with Crippen molar-refractivity contribution < 1.29 is 19.1 Å². The average molecular weight is 448 g/mol. The zero-order valence-corrected chi connectivity index (χ0v) is 18.3. The minimum atomic E-state index is -0.718. The van der Waals surface area contributed by atoms with E-state index in [9.17, 15) is 19.2 Å². The van der Waals surface area contributed by atoms with E-state index >= 15 is 0 Å². The van der Waals surface area contributed by atoms with Crippen molar-refractivity contribution in [3.8, 4) is 16.9 Å². The first-order valence-corrected chi connectivity index (χ1v) is 10.7. The highest BCUT2D eigenvalue weighted by Crippen LogP contribution is 2.44. The van der Waals surface area contributed by atoms with Gasteiger partial charge < -0.3 is 20.1 Å². The molecule has 0 unspecified atom stereocenters. The third-order valence-electron chi connectivity index (χ3n) is 5.51. The summed E-state index contributed by atoms with van der Waals surface area (Å²) in [6, 6.07) is 16.0. The van der Waals surface area contributed by atoms with Gasteiger partial charge in [0.05, 0.1) is 18.2 Å². The van der Waals surface area contributed by atoms with Crippen LogP contribution >= 0.6 is 0 Å². The van der Waals surface area contributed by atoms with Crippen LogP contribution in [0.25, 0.3) is 11.1 Å². The lowest BCUT2D eigenvalue weighted by molar-refractivity contribution is -0.120. The topological polar surface area (TPSA) is 111 Å². The first kappa shape index (κ1) is 22.3. The second-order valence-electron chi connectivity index (χ2n) is 8.09. The van der Waals surface area contributed by atoms with Crippen LogP contribution in [0.1, 0.15) is 36.5 Å². The van der Waals surface area contributed by atoms with E-state index in [1.165, 1.54) is 0 Å². The number of ether oxygens (including phenoxy) is 2. The summed E-state index contributed by atoms with van der Waals surface area (Å²) in [5.74, 6) is -0.614. The minimum Gasteiger partial charge on any atom is -0.486 e. The summed E-state index contributed by atoms with van der Waals surface area (Å²) in [6.07, 6.45) is -0.983. The molecular formula is C25H24N2O6. The van der Waals surface area contributed by atoms with Crippen LogP contribution in [0.3, 0.4) is 0 Å². The van der Waals surface area contributed by atoms with Crippen LogP contribution in [0.4, 0.5) is 4.79 Å². The van der Waals surface area contributed by atoms with Crippen LogP contribution in [0, 0.1) is 0 Å². The SMILES string of the molecule is CC(C)Oc1c(CNC(=O)CNC(=O)OCC2c3ccccc3-c3ccccc32)c(=O)c1=O. The fourth-order valence-electron chi connectivity index (χ4n) is 3.99. The minimum absolute atomic E-state index is 0.0141. The number of hydrogen-bond donors (Lipinski definition) is 2. The monoisotopic (exact) mass is 448 g/mol. The van der Waals surface area contributed by atoms with Crippen molar-refractivity contribution in [3.05, 3.63) is 85.7 Å². The molecule has 2 N–H and O–H groups in total. The van der Waals surface area contributed by atoms with Gasteiger partial charge in [-0.2, -0.15) is 0 Å². The van der Waals surface area contributed by atoms with Crippen LogP contribution in [0.2, 0.25) is 0 Å². The molecular weight excluding hydrogens is 424 g/mol. The molecule has 1 aliphatic rings. The number of hydrogen-bond acceptors (Lipinski definition) is 6. The first-order valence-electron chi connectivity index (χ1n) is 10.7. The number of fused-ring (bicyclic) bond motifs is 3. The van der Waals surface area contributed by atoms with E-state index in [0.29, 0.717) is 0 Å². The third-order valence-corrected chi connectivity index (χ3v) is 5.51. The number of alkyl carbamates (subject to hydrolysis) is 1. The summed E-state index contributed by atoms with van der Waals surface area (Å²) in [7, 11) is 0. The molecule has 0 saturated heterocycles. The Balaban J connectivity index is 1.27. The van der Waals surface area contributed by atoms with Gasteiger partial charge in [0.1, 0.15) is 13.2 Å². The van der Waals surface area contributed by atoms with Crippen molar-refractivity contribution in [2.24, 2.45) is 0 Å². The number of amides is 2. The zero-order valence-electron chi connectivity index (χ0n) is 18.3. The largest absolute Gasteiger partial charge is 0.486 e. The molecule has 0 bridgehead atoms. The van der Waals surface area contributed by atoms with E-state index in [0.717, 1.165) is 22.3 Å². The van der Waals surface area contributed by atoms with Crippen molar-refractivity contribution >= 4 is 12.0 Å². The molecule has 0 atom stereocenters. The van der Waals surface area contributed by atoms with Crippen molar-refractivity contribution in [3.63, 3.8) is 0 Å². The number of nitrogens with one attached hydrogen (secondary N) is 2. The second-order valence-corrected chi connectivity index (χ2v) is 8.09. The van der Waals surface area contributed by atoms with Crippen LogP contribution in [-0.2, 0) is 16.1 Å². The Morgan fingerprint density at radius 2 is 1.52 bits per heavy atom. The van der Waals surface area contributed by atoms with E-state index in [4.69, 9.17) is 9.47 Å². The standard InChI is InChI=1S/C25H24N2O6/c1-14(2)33-24-19(22(29)23(24)30)11-26-21(28)12-27-25(31)32-13-20-17-9-5-3-7-15(17)16-8-4-6-10-18(16)20/h3-10,14,20H,11-13H2,1-2H3,(H,26,28)(H,27,31). The maximum atomic E-state index is 12.2. The first-order chi connectivity index (χ1) is 15.9. The Kier molecular flexibility index (Phi) is 6.26. The molecule has 4 rings (SSSR count). The molecule has 8 heteroatoms. The summed E-state index contributed by atoms with van der Waals surface area (Å²) >= 11 is 0. The van der Waals surface area contributed by atoms with Gasteiger partial charge >= 0.3 is 6.09 Å². The highest BCUT2D eigenvalue weighted by molar-refractivity contribution is 5.82. The van der Waals surface area contributed by atoms with Crippen LogP contribution in [0.15, 0.2) is 58.1 Å². The summed E-state index contributed by atoms with van der Waals surface area (Å²) in [6.45, 7) is 3.14. The molecule has 0 saturated carbocycles. The molecule has 0 aliphatic heterocycles. The molecule has 0 heterocycles. The van der Waals surface area contributed by atoms with E-state index in [1.807, 2.05) is 48.5 Å².